The van der Waals surface area contributed by atoms with Gasteiger partial charge in [0, 0.05) is 17.3 Å². The van der Waals surface area contributed by atoms with Gasteiger partial charge in [-0.25, -0.2) is 9.20 Å². The Hall–Kier alpha value is -4.69. The molecule has 0 amide bonds. The third-order valence-corrected chi connectivity index (χ3v) is 6.59. The number of nitriles is 1. The van der Waals surface area contributed by atoms with E-state index in [0.717, 1.165) is 40.0 Å². The lowest BCUT2D eigenvalue weighted by Crippen LogP contribution is -2.38. The third-order valence-electron chi connectivity index (χ3n) is 6.59. The molecule has 2 aromatic carbocycles. The molecular weight excluding hydrogens is 517 g/mol. The van der Waals surface area contributed by atoms with E-state index in [1.807, 2.05) is 19.2 Å². The van der Waals surface area contributed by atoms with Gasteiger partial charge in [-0.1, -0.05) is 12.1 Å². The molecule has 1 N–H and O–H groups in total. The predicted molar refractivity (Wildman–Crippen MR) is 147 cm³/mol. The molecule has 204 valence electrons. The van der Waals surface area contributed by atoms with Crippen LogP contribution < -0.4 is 5.32 Å². The van der Waals surface area contributed by atoms with Crippen LogP contribution in [0.1, 0.15) is 16.7 Å². The molecule has 5 rings (SSSR count). The van der Waals surface area contributed by atoms with Crippen molar-refractivity contribution in [1.29, 1.82) is 5.26 Å². The fourth-order valence-corrected chi connectivity index (χ4v) is 4.53. The molecule has 40 heavy (non-hydrogen) atoms. The number of alkyl halides is 3. The highest BCUT2D eigenvalue weighted by molar-refractivity contribution is 5.86. The van der Waals surface area contributed by atoms with E-state index in [2.05, 4.69) is 47.7 Å². The largest absolute Gasteiger partial charge is 0.416 e. The van der Waals surface area contributed by atoms with Gasteiger partial charge in [0.2, 0.25) is 5.95 Å². The third kappa shape index (κ3) is 5.39. The molecule has 0 spiro atoms. The smallest absolute Gasteiger partial charge is 0.347 e. The maximum atomic E-state index is 13.7. The number of nitrogens with zero attached hydrogens (tertiary/aromatic N) is 7. The fraction of sp³-hybridized carbons (Fsp3) is 0.241. The second-order valence-corrected chi connectivity index (χ2v) is 10.6. The summed E-state index contributed by atoms with van der Waals surface area (Å²) in [6.07, 6.45) is -1.02. The molecule has 0 atom stereocenters. The first kappa shape index (κ1) is 26.9. The zero-order valence-electron chi connectivity index (χ0n) is 22.5. The molecule has 0 aliphatic carbocycles. The van der Waals surface area contributed by atoms with E-state index in [1.54, 1.807) is 45.7 Å². The normalized spacial score (nSPS) is 12.1. The molecule has 3 aromatic heterocycles. The molecule has 0 saturated carbocycles. The summed E-state index contributed by atoms with van der Waals surface area (Å²) in [7, 11) is 6.24. The molecule has 0 bridgehead atoms. The molecule has 0 fully saturated rings. The average molecular weight is 546 g/mol. The van der Waals surface area contributed by atoms with Gasteiger partial charge in [0.1, 0.15) is 0 Å². The van der Waals surface area contributed by atoms with Gasteiger partial charge in [0.15, 0.2) is 5.65 Å². The lowest BCUT2D eigenvalue weighted by atomic mass is 9.95. The van der Waals surface area contributed by atoms with E-state index in [0.29, 0.717) is 40.5 Å². The van der Waals surface area contributed by atoms with Gasteiger partial charge in [0.25, 0.3) is 0 Å². The average Bonchev–Trinajstić information content (AvgIpc) is 3.54. The first-order valence-electron chi connectivity index (χ1n) is 12.6. The molecule has 5 aromatic rings. The zero-order valence-corrected chi connectivity index (χ0v) is 22.5. The van der Waals surface area contributed by atoms with Crippen LogP contribution in [0.2, 0.25) is 0 Å². The lowest BCUT2D eigenvalue weighted by Gasteiger charge is -2.23. The van der Waals surface area contributed by atoms with Crippen molar-refractivity contribution >= 4 is 11.6 Å². The Morgan fingerprint density at radius 2 is 1.80 bits per heavy atom. The van der Waals surface area contributed by atoms with Crippen LogP contribution in [0.5, 0.6) is 0 Å². The summed E-state index contributed by atoms with van der Waals surface area (Å²) in [5.74, 6) is 0.388. The van der Waals surface area contributed by atoms with Crippen molar-refractivity contribution in [3.63, 3.8) is 0 Å². The first-order valence-corrected chi connectivity index (χ1v) is 12.6. The fourth-order valence-electron chi connectivity index (χ4n) is 4.53. The Labute approximate surface area is 229 Å². The Morgan fingerprint density at radius 3 is 2.48 bits per heavy atom. The van der Waals surface area contributed by atoms with Gasteiger partial charge in [-0.2, -0.15) is 28.5 Å². The van der Waals surface area contributed by atoms with E-state index in [4.69, 9.17) is 5.26 Å². The number of quaternary nitrogens is 1. The summed E-state index contributed by atoms with van der Waals surface area (Å²) < 4.78 is 45.0. The Morgan fingerprint density at radius 1 is 1.05 bits per heavy atom. The van der Waals surface area contributed by atoms with E-state index >= 15 is 0 Å². The molecule has 3 heterocycles. The minimum atomic E-state index is -4.49. The van der Waals surface area contributed by atoms with Crippen molar-refractivity contribution in [3.05, 3.63) is 83.7 Å². The molecule has 11 heteroatoms. The highest BCUT2D eigenvalue weighted by Crippen LogP contribution is 2.38. The maximum Gasteiger partial charge on any atom is 0.416 e. The van der Waals surface area contributed by atoms with Gasteiger partial charge >= 0.3 is 6.18 Å². The Bertz CT molecular complexity index is 1720. The summed E-state index contributed by atoms with van der Waals surface area (Å²) in [6, 6.07) is 16.2. The summed E-state index contributed by atoms with van der Waals surface area (Å²) in [6.45, 7) is 3.31. The van der Waals surface area contributed by atoms with Crippen LogP contribution in [-0.4, -0.2) is 63.1 Å². The minimum absolute atomic E-state index is 0.383. The quantitative estimate of drug-likeness (QED) is 0.271. The predicted octanol–water partition coefficient (Wildman–Crippen LogP) is 5.57. The van der Waals surface area contributed by atoms with Crippen molar-refractivity contribution in [2.24, 2.45) is 0 Å². The maximum absolute atomic E-state index is 13.7. The van der Waals surface area contributed by atoms with Crippen LogP contribution in [-0.2, 0) is 6.18 Å². The SMILES string of the molecule is Cc1c(-c2ccnn2-c2ccc(C#N)cc2)cn2nc(NCC[N+](C)(C)C)nc2c1-c1cccc(C(F)(F)F)c1. The van der Waals surface area contributed by atoms with Crippen molar-refractivity contribution in [3.8, 4) is 34.1 Å². The van der Waals surface area contributed by atoms with Gasteiger partial charge in [-0.15, -0.1) is 5.10 Å². The number of hydrogen-bond acceptors (Lipinski definition) is 5. The summed E-state index contributed by atoms with van der Waals surface area (Å²) >= 11 is 0. The highest BCUT2D eigenvalue weighted by atomic mass is 19.4. The molecule has 0 aliphatic rings. The van der Waals surface area contributed by atoms with E-state index in [1.165, 1.54) is 6.07 Å². The molecular formula is C29H28F3N8+. The van der Waals surface area contributed by atoms with Crippen molar-refractivity contribution in [2.45, 2.75) is 13.1 Å². The van der Waals surface area contributed by atoms with Crippen LogP contribution in [0.3, 0.4) is 0 Å². The van der Waals surface area contributed by atoms with Gasteiger partial charge in [-0.05, 0) is 60.5 Å². The van der Waals surface area contributed by atoms with Crippen LogP contribution in [0, 0.1) is 18.3 Å². The molecule has 0 aliphatic heterocycles. The lowest BCUT2D eigenvalue weighted by molar-refractivity contribution is -0.868. The van der Waals surface area contributed by atoms with Gasteiger partial charge in [-0.3, -0.25) is 0 Å². The van der Waals surface area contributed by atoms with Crippen molar-refractivity contribution in [1.82, 2.24) is 24.4 Å². The molecule has 0 radical (unpaired) electrons. The monoisotopic (exact) mass is 545 g/mol. The van der Waals surface area contributed by atoms with Crippen LogP contribution in [0.25, 0.3) is 33.7 Å². The number of nitrogens with one attached hydrogen (secondary N) is 1. The summed E-state index contributed by atoms with van der Waals surface area (Å²) in [4.78, 5) is 4.68. The number of aromatic nitrogens is 5. The van der Waals surface area contributed by atoms with E-state index in [-0.39, 0.29) is 0 Å². The number of likely N-dealkylation sites (N-methyl/N-ethyl adjacent to an activating group) is 1. The second-order valence-electron chi connectivity index (χ2n) is 10.6. The number of rotatable bonds is 7. The number of hydrogen-bond donors (Lipinski definition) is 1. The number of fused-ring (bicyclic) bond motifs is 1. The van der Waals surface area contributed by atoms with Crippen molar-refractivity contribution < 1.29 is 17.7 Å². The van der Waals surface area contributed by atoms with Gasteiger partial charge < -0.3 is 9.80 Å². The first-order chi connectivity index (χ1) is 18.9. The molecule has 8 nitrogen and oxygen atoms in total. The number of anilines is 1. The molecule has 0 unspecified atom stereocenters. The highest BCUT2D eigenvalue weighted by Gasteiger charge is 2.31. The Kier molecular flexibility index (Phi) is 6.81. The summed E-state index contributed by atoms with van der Waals surface area (Å²) in [5.41, 5.74) is 4.06. The number of benzene rings is 2. The standard InChI is InChI=1S/C29H28F3N8/c1-19-24(25-12-13-35-39(25)23-10-8-20(17-33)9-11-23)18-38-27(36-28(37-38)34-14-15-40(2,3)4)26(19)21-6-5-7-22(16-21)29(30,31)32/h5-13,16,18H,14-15H2,1-4H3,(H,34,37)/q+1. The molecule has 0 saturated heterocycles. The summed E-state index contributed by atoms with van der Waals surface area (Å²) in [5, 5.41) is 21.5. The van der Waals surface area contributed by atoms with E-state index in [9.17, 15) is 13.2 Å². The second kappa shape index (κ2) is 10.1. The van der Waals surface area contributed by atoms with Crippen LogP contribution >= 0.6 is 0 Å². The number of halogens is 3. The Balaban J connectivity index is 1.69. The zero-order chi connectivity index (χ0) is 28.7. The van der Waals surface area contributed by atoms with Crippen LogP contribution in [0.4, 0.5) is 19.1 Å². The van der Waals surface area contributed by atoms with Crippen LogP contribution in [0.15, 0.2) is 67.0 Å². The van der Waals surface area contributed by atoms with Crippen molar-refractivity contribution in [2.75, 3.05) is 39.5 Å². The number of pyridine rings is 1. The topological polar surface area (TPSA) is 83.8 Å². The van der Waals surface area contributed by atoms with E-state index < -0.39 is 11.7 Å². The van der Waals surface area contributed by atoms with Gasteiger partial charge in [0.05, 0.1) is 69.0 Å². The minimum Gasteiger partial charge on any atom is -0.347 e.